The van der Waals surface area contributed by atoms with Crippen molar-refractivity contribution in [2.45, 2.75) is 20.3 Å². The van der Waals surface area contributed by atoms with Crippen LogP contribution in [0.25, 0.3) is 11.0 Å². The van der Waals surface area contributed by atoms with E-state index in [1.807, 2.05) is 18.2 Å². The van der Waals surface area contributed by atoms with Gasteiger partial charge in [-0.05, 0) is 30.0 Å². The first-order valence-electron chi connectivity index (χ1n) is 6.52. The van der Waals surface area contributed by atoms with Gasteiger partial charge in [-0.2, -0.15) is 0 Å². The van der Waals surface area contributed by atoms with E-state index in [-0.39, 0.29) is 22.8 Å². The Hall–Kier alpha value is -1.84. The van der Waals surface area contributed by atoms with E-state index in [0.717, 1.165) is 17.5 Å². The van der Waals surface area contributed by atoms with Gasteiger partial charge >= 0.3 is 5.69 Å². The van der Waals surface area contributed by atoms with E-state index in [1.54, 1.807) is 23.2 Å². The largest absolute Gasteiger partial charge is 0.328 e. The van der Waals surface area contributed by atoms with Crippen molar-refractivity contribution in [2.24, 2.45) is 25.4 Å². The van der Waals surface area contributed by atoms with Gasteiger partial charge in [-0.25, -0.2) is 4.79 Å². The molecule has 1 saturated carbocycles. The second-order valence-electron chi connectivity index (χ2n) is 6.21. The highest BCUT2D eigenvalue weighted by atomic mass is 16.1. The smallest absolute Gasteiger partial charge is 0.295 e. The summed E-state index contributed by atoms with van der Waals surface area (Å²) >= 11 is 0. The van der Waals surface area contributed by atoms with Gasteiger partial charge in [-0.15, -0.1) is 0 Å². The van der Waals surface area contributed by atoms with Gasteiger partial charge in [0.25, 0.3) is 0 Å². The van der Waals surface area contributed by atoms with Crippen LogP contribution in [-0.2, 0) is 14.1 Å². The highest BCUT2D eigenvalue weighted by Crippen LogP contribution is 2.53. The molecule has 19 heavy (non-hydrogen) atoms. The lowest BCUT2D eigenvalue weighted by Crippen LogP contribution is -2.19. The molecular formula is C15H18N2O2. The highest BCUT2D eigenvalue weighted by molar-refractivity contribution is 6.02. The number of imidazole rings is 1. The summed E-state index contributed by atoms with van der Waals surface area (Å²) in [5.74, 6) is 0.328. The summed E-state index contributed by atoms with van der Waals surface area (Å²) in [6.45, 7) is 4.23. The number of carbonyl (C=O) groups excluding carboxylic acids is 1. The summed E-state index contributed by atoms with van der Waals surface area (Å²) in [4.78, 5) is 24.2. The molecule has 100 valence electrons. The number of hydrogen-bond donors (Lipinski definition) is 0. The molecule has 1 aromatic carbocycles. The Bertz CT molecular complexity index is 749. The van der Waals surface area contributed by atoms with Crippen molar-refractivity contribution in [2.75, 3.05) is 0 Å². The van der Waals surface area contributed by atoms with Gasteiger partial charge in [-0.3, -0.25) is 13.9 Å². The van der Waals surface area contributed by atoms with Gasteiger partial charge in [0.05, 0.1) is 11.0 Å². The number of aromatic nitrogens is 2. The average Bonchev–Trinajstić information content (AvgIpc) is 2.97. The molecule has 2 aromatic rings. The first-order valence-corrected chi connectivity index (χ1v) is 6.52. The minimum atomic E-state index is -0.0636. The zero-order chi connectivity index (χ0) is 13.9. The molecule has 0 bridgehead atoms. The molecule has 1 atom stereocenters. The standard InChI is InChI=1S/C15H18N2O2/c1-15(2)8-10(15)13(18)9-5-6-11-12(7-9)17(4)14(19)16(11)3/h5-7,10H,8H2,1-4H3. The van der Waals surface area contributed by atoms with Crippen molar-refractivity contribution in [1.29, 1.82) is 0 Å². The van der Waals surface area contributed by atoms with Crippen LogP contribution in [0.5, 0.6) is 0 Å². The Morgan fingerprint density at radius 1 is 1.21 bits per heavy atom. The lowest BCUT2D eigenvalue weighted by molar-refractivity contribution is 0.0953. The van der Waals surface area contributed by atoms with Crippen molar-refractivity contribution in [3.05, 3.63) is 34.2 Å². The number of rotatable bonds is 2. The Morgan fingerprint density at radius 3 is 2.37 bits per heavy atom. The number of hydrogen-bond acceptors (Lipinski definition) is 2. The number of Topliss-reactive ketones (excluding diaryl/α,β-unsaturated/α-hetero) is 1. The van der Waals surface area contributed by atoms with E-state index in [1.165, 1.54) is 0 Å². The molecule has 0 aliphatic heterocycles. The second kappa shape index (κ2) is 3.59. The Kier molecular flexibility index (Phi) is 2.31. The molecule has 1 aliphatic carbocycles. The van der Waals surface area contributed by atoms with Gasteiger partial charge in [0.15, 0.2) is 5.78 Å². The first kappa shape index (κ1) is 12.2. The van der Waals surface area contributed by atoms with E-state index in [4.69, 9.17) is 0 Å². The maximum Gasteiger partial charge on any atom is 0.328 e. The quantitative estimate of drug-likeness (QED) is 0.774. The van der Waals surface area contributed by atoms with E-state index in [9.17, 15) is 9.59 Å². The van der Waals surface area contributed by atoms with Gasteiger partial charge in [-0.1, -0.05) is 13.8 Å². The number of nitrogens with zero attached hydrogens (tertiary/aromatic N) is 2. The van der Waals surface area contributed by atoms with Crippen LogP contribution in [0, 0.1) is 11.3 Å². The molecule has 3 rings (SSSR count). The molecule has 0 spiro atoms. The number of ketones is 1. The number of carbonyl (C=O) groups is 1. The molecule has 1 aliphatic rings. The fourth-order valence-electron chi connectivity index (χ4n) is 2.78. The van der Waals surface area contributed by atoms with Crippen molar-refractivity contribution in [1.82, 2.24) is 9.13 Å². The number of aryl methyl sites for hydroxylation is 2. The van der Waals surface area contributed by atoms with Crippen molar-refractivity contribution < 1.29 is 4.79 Å². The van der Waals surface area contributed by atoms with Crippen LogP contribution >= 0.6 is 0 Å². The third-order valence-corrected chi connectivity index (χ3v) is 4.39. The van der Waals surface area contributed by atoms with E-state index < -0.39 is 0 Å². The van der Waals surface area contributed by atoms with Crippen LogP contribution in [0.2, 0.25) is 0 Å². The third-order valence-electron chi connectivity index (χ3n) is 4.39. The molecule has 1 fully saturated rings. The van der Waals surface area contributed by atoms with Gasteiger partial charge < -0.3 is 0 Å². The average molecular weight is 258 g/mol. The predicted octanol–water partition coefficient (Wildman–Crippen LogP) is 2.11. The van der Waals surface area contributed by atoms with E-state index in [0.29, 0.717) is 5.56 Å². The van der Waals surface area contributed by atoms with E-state index in [2.05, 4.69) is 13.8 Å². The van der Waals surface area contributed by atoms with Gasteiger partial charge in [0.1, 0.15) is 0 Å². The lowest BCUT2D eigenvalue weighted by atomic mass is 10.0. The van der Waals surface area contributed by atoms with Crippen LogP contribution in [0.4, 0.5) is 0 Å². The fourth-order valence-corrected chi connectivity index (χ4v) is 2.78. The monoisotopic (exact) mass is 258 g/mol. The molecule has 1 heterocycles. The van der Waals surface area contributed by atoms with Gasteiger partial charge in [0.2, 0.25) is 0 Å². The summed E-state index contributed by atoms with van der Waals surface area (Å²) < 4.78 is 3.19. The molecule has 1 aromatic heterocycles. The minimum Gasteiger partial charge on any atom is -0.295 e. The van der Waals surface area contributed by atoms with Crippen LogP contribution < -0.4 is 5.69 Å². The van der Waals surface area contributed by atoms with Crippen LogP contribution in [0.1, 0.15) is 30.6 Å². The Labute approximate surface area is 111 Å². The molecule has 4 heteroatoms. The number of fused-ring (bicyclic) bond motifs is 1. The zero-order valence-corrected chi connectivity index (χ0v) is 11.7. The van der Waals surface area contributed by atoms with E-state index >= 15 is 0 Å². The maximum absolute atomic E-state index is 12.4. The lowest BCUT2D eigenvalue weighted by Gasteiger charge is -2.04. The minimum absolute atomic E-state index is 0.0636. The van der Waals surface area contributed by atoms with Gasteiger partial charge in [0, 0.05) is 25.6 Å². The summed E-state index contributed by atoms with van der Waals surface area (Å²) in [5.41, 5.74) is 2.46. The molecule has 0 radical (unpaired) electrons. The van der Waals surface area contributed by atoms with Crippen LogP contribution in [0.15, 0.2) is 23.0 Å². The summed E-state index contributed by atoms with van der Waals surface area (Å²) in [6.07, 6.45) is 0.956. The third kappa shape index (κ3) is 1.66. The van der Waals surface area contributed by atoms with Crippen LogP contribution in [0.3, 0.4) is 0 Å². The predicted molar refractivity (Wildman–Crippen MR) is 74.4 cm³/mol. The second-order valence-corrected chi connectivity index (χ2v) is 6.21. The molecular weight excluding hydrogens is 240 g/mol. The molecule has 1 unspecified atom stereocenters. The molecule has 0 N–H and O–H groups in total. The summed E-state index contributed by atoms with van der Waals surface area (Å²) in [5, 5.41) is 0. The molecule has 0 saturated heterocycles. The SMILES string of the molecule is Cn1c(=O)n(C)c2cc(C(=O)C3CC3(C)C)ccc21. The molecule has 4 nitrogen and oxygen atoms in total. The summed E-state index contributed by atoms with van der Waals surface area (Å²) in [7, 11) is 3.48. The number of benzene rings is 1. The Morgan fingerprint density at radius 2 is 1.79 bits per heavy atom. The highest BCUT2D eigenvalue weighted by Gasteiger charge is 2.50. The first-order chi connectivity index (χ1) is 8.83. The fraction of sp³-hybridized carbons (Fsp3) is 0.467. The van der Waals surface area contributed by atoms with Crippen molar-refractivity contribution in [3.8, 4) is 0 Å². The van der Waals surface area contributed by atoms with Crippen molar-refractivity contribution in [3.63, 3.8) is 0 Å². The van der Waals surface area contributed by atoms with Crippen molar-refractivity contribution >= 4 is 16.8 Å². The molecule has 0 amide bonds. The maximum atomic E-state index is 12.4. The topological polar surface area (TPSA) is 44.0 Å². The normalized spacial score (nSPS) is 20.7. The summed E-state index contributed by atoms with van der Waals surface area (Å²) in [6, 6.07) is 5.53. The zero-order valence-electron chi connectivity index (χ0n) is 11.7. The Balaban J connectivity index is 2.10. The van der Waals surface area contributed by atoms with Crippen LogP contribution in [-0.4, -0.2) is 14.9 Å².